The van der Waals surface area contributed by atoms with Crippen molar-refractivity contribution in [3.05, 3.63) is 0 Å². The maximum Gasteiger partial charge on any atom is 0.224 e. The van der Waals surface area contributed by atoms with Gasteiger partial charge in [0.1, 0.15) is 0 Å². The molecule has 1 saturated heterocycles. The number of carbonyl (C=O) groups excluding carboxylic acids is 1. The molecule has 1 amide bonds. The van der Waals surface area contributed by atoms with Gasteiger partial charge in [-0.15, -0.1) is 0 Å². The normalized spacial score (nSPS) is 32.3. The Morgan fingerprint density at radius 3 is 2.50 bits per heavy atom. The Labute approximate surface area is 98.4 Å². The number of hydrogen-bond acceptors (Lipinski definition) is 2. The summed E-state index contributed by atoms with van der Waals surface area (Å²) in [6.45, 7) is 3.05. The van der Waals surface area contributed by atoms with Crippen molar-refractivity contribution in [2.24, 2.45) is 5.92 Å². The molecule has 2 N–H and O–H groups in total. The zero-order chi connectivity index (χ0) is 11.4. The predicted molar refractivity (Wildman–Crippen MR) is 65.2 cm³/mol. The molecule has 0 bridgehead atoms. The van der Waals surface area contributed by atoms with E-state index >= 15 is 0 Å². The second-order valence-corrected chi connectivity index (χ2v) is 5.43. The van der Waals surface area contributed by atoms with Crippen molar-refractivity contribution in [1.29, 1.82) is 0 Å². The molecule has 0 spiro atoms. The molecule has 2 aliphatic rings. The van der Waals surface area contributed by atoms with Crippen molar-refractivity contribution < 1.29 is 4.79 Å². The van der Waals surface area contributed by atoms with E-state index in [1.807, 2.05) is 0 Å². The summed E-state index contributed by atoms with van der Waals surface area (Å²) in [5.41, 5.74) is 0. The van der Waals surface area contributed by atoms with Gasteiger partial charge in [-0.1, -0.05) is 19.3 Å². The van der Waals surface area contributed by atoms with E-state index in [0.29, 0.717) is 12.1 Å². The van der Waals surface area contributed by atoms with E-state index in [4.69, 9.17) is 0 Å². The number of carbonyl (C=O) groups is 1. The highest BCUT2D eigenvalue weighted by molar-refractivity contribution is 5.79. The Bertz CT molecular complexity index is 228. The molecule has 2 rings (SSSR count). The van der Waals surface area contributed by atoms with Gasteiger partial charge in [-0.2, -0.15) is 0 Å². The van der Waals surface area contributed by atoms with Crippen LogP contribution in [0.25, 0.3) is 0 Å². The van der Waals surface area contributed by atoms with Gasteiger partial charge in [-0.25, -0.2) is 0 Å². The second kappa shape index (κ2) is 5.67. The van der Waals surface area contributed by atoms with Crippen molar-refractivity contribution in [3.63, 3.8) is 0 Å². The number of hydrogen-bond donors (Lipinski definition) is 2. The minimum Gasteiger partial charge on any atom is -0.353 e. The van der Waals surface area contributed by atoms with E-state index in [9.17, 15) is 4.79 Å². The average Bonchev–Trinajstić information content (AvgIpc) is 2.31. The zero-order valence-corrected chi connectivity index (χ0v) is 10.3. The molecule has 1 saturated carbocycles. The molecule has 3 heteroatoms. The van der Waals surface area contributed by atoms with E-state index in [2.05, 4.69) is 17.6 Å². The minimum atomic E-state index is 0.207. The fraction of sp³-hybridized carbons (Fsp3) is 0.923. The minimum absolute atomic E-state index is 0.207. The lowest BCUT2D eigenvalue weighted by Gasteiger charge is -2.29. The summed E-state index contributed by atoms with van der Waals surface area (Å²) in [6.07, 6.45) is 8.45. The summed E-state index contributed by atoms with van der Waals surface area (Å²) in [5, 5.41) is 6.61. The topological polar surface area (TPSA) is 41.1 Å². The first-order valence-electron chi connectivity index (χ1n) is 6.79. The van der Waals surface area contributed by atoms with E-state index in [1.165, 1.54) is 32.1 Å². The van der Waals surface area contributed by atoms with Crippen molar-refractivity contribution in [2.75, 3.05) is 6.54 Å². The summed E-state index contributed by atoms with van der Waals surface area (Å²) in [5.74, 6) is 0.490. The van der Waals surface area contributed by atoms with Crippen molar-refractivity contribution in [3.8, 4) is 0 Å². The summed E-state index contributed by atoms with van der Waals surface area (Å²) in [7, 11) is 0. The van der Waals surface area contributed by atoms with Crippen LogP contribution in [0.5, 0.6) is 0 Å². The van der Waals surface area contributed by atoms with Gasteiger partial charge in [0.15, 0.2) is 0 Å². The highest BCUT2D eigenvalue weighted by Gasteiger charge is 2.25. The van der Waals surface area contributed by atoms with Gasteiger partial charge in [-0.3, -0.25) is 4.79 Å². The fourth-order valence-corrected chi connectivity index (χ4v) is 2.79. The lowest BCUT2D eigenvalue weighted by molar-refractivity contribution is -0.126. The molecule has 0 radical (unpaired) electrons. The van der Waals surface area contributed by atoms with Gasteiger partial charge < -0.3 is 10.6 Å². The van der Waals surface area contributed by atoms with Crippen LogP contribution in [0.1, 0.15) is 51.9 Å². The maximum atomic E-state index is 12.0. The Balaban J connectivity index is 1.74. The van der Waals surface area contributed by atoms with Crippen molar-refractivity contribution in [1.82, 2.24) is 10.6 Å². The molecule has 0 unspecified atom stereocenters. The van der Waals surface area contributed by atoms with Gasteiger partial charge in [0, 0.05) is 18.6 Å². The second-order valence-electron chi connectivity index (χ2n) is 5.43. The SMILES string of the molecule is C[C@@H]1CC[C@H](C(=O)NC2CCCCC2)CN1. The monoisotopic (exact) mass is 224 g/mol. The van der Waals surface area contributed by atoms with Crippen LogP contribution in [0, 0.1) is 5.92 Å². The van der Waals surface area contributed by atoms with Crippen LogP contribution in [-0.2, 0) is 4.79 Å². The molecule has 2 fully saturated rings. The largest absolute Gasteiger partial charge is 0.353 e. The van der Waals surface area contributed by atoms with Gasteiger partial charge in [0.2, 0.25) is 5.91 Å². The molecule has 92 valence electrons. The molecule has 3 nitrogen and oxygen atoms in total. The van der Waals surface area contributed by atoms with Crippen LogP contribution in [-0.4, -0.2) is 24.5 Å². The standard InChI is InChI=1S/C13H24N2O/c1-10-7-8-11(9-14-10)13(16)15-12-5-3-2-4-6-12/h10-12,14H,2-9H2,1H3,(H,15,16)/t10-,11+/m1/s1. The molecule has 1 aliphatic heterocycles. The van der Waals surface area contributed by atoms with E-state index in [-0.39, 0.29) is 11.8 Å². The molecule has 0 aromatic heterocycles. The quantitative estimate of drug-likeness (QED) is 0.751. The fourth-order valence-electron chi connectivity index (χ4n) is 2.79. The van der Waals surface area contributed by atoms with Crippen LogP contribution in [0.4, 0.5) is 0 Å². The molecular formula is C13H24N2O. The lowest BCUT2D eigenvalue weighted by atomic mass is 9.92. The molecule has 2 atom stereocenters. The Morgan fingerprint density at radius 1 is 1.12 bits per heavy atom. The van der Waals surface area contributed by atoms with Crippen LogP contribution in [0.2, 0.25) is 0 Å². The van der Waals surface area contributed by atoms with Crippen LogP contribution in [0.3, 0.4) is 0 Å². The zero-order valence-electron chi connectivity index (χ0n) is 10.3. The first-order valence-corrected chi connectivity index (χ1v) is 6.79. The van der Waals surface area contributed by atoms with Crippen LogP contribution < -0.4 is 10.6 Å². The highest BCUT2D eigenvalue weighted by atomic mass is 16.2. The Kier molecular flexibility index (Phi) is 4.22. The average molecular weight is 224 g/mol. The number of piperidine rings is 1. The van der Waals surface area contributed by atoms with Gasteiger partial charge >= 0.3 is 0 Å². The molecule has 0 aromatic rings. The summed E-state index contributed by atoms with van der Waals surface area (Å²) >= 11 is 0. The third-order valence-corrected chi connectivity index (χ3v) is 3.98. The summed E-state index contributed by atoms with van der Waals surface area (Å²) in [6, 6.07) is 1.04. The Morgan fingerprint density at radius 2 is 1.88 bits per heavy atom. The van der Waals surface area contributed by atoms with Crippen molar-refractivity contribution in [2.45, 2.75) is 64.0 Å². The summed E-state index contributed by atoms with van der Waals surface area (Å²) in [4.78, 5) is 12.0. The third kappa shape index (κ3) is 3.21. The van der Waals surface area contributed by atoms with Crippen LogP contribution in [0.15, 0.2) is 0 Å². The molecular weight excluding hydrogens is 200 g/mol. The third-order valence-electron chi connectivity index (χ3n) is 3.98. The van der Waals surface area contributed by atoms with E-state index in [1.54, 1.807) is 0 Å². The molecule has 1 aliphatic carbocycles. The van der Waals surface area contributed by atoms with Gasteiger partial charge in [0.05, 0.1) is 5.92 Å². The highest BCUT2D eigenvalue weighted by Crippen LogP contribution is 2.19. The number of nitrogens with one attached hydrogen (secondary N) is 2. The summed E-state index contributed by atoms with van der Waals surface area (Å²) < 4.78 is 0. The predicted octanol–water partition coefficient (Wildman–Crippen LogP) is 1.82. The number of amides is 1. The number of rotatable bonds is 2. The first kappa shape index (κ1) is 11.9. The van der Waals surface area contributed by atoms with Gasteiger partial charge in [-0.05, 0) is 32.6 Å². The molecule has 1 heterocycles. The lowest BCUT2D eigenvalue weighted by Crippen LogP contribution is -2.47. The van der Waals surface area contributed by atoms with E-state index < -0.39 is 0 Å². The Hall–Kier alpha value is -0.570. The van der Waals surface area contributed by atoms with E-state index in [0.717, 1.165) is 19.4 Å². The smallest absolute Gasteiger partial charge is 0.224 e. The molecule has 16 heavy (non-hydrogen) atoms. The van der Waals surface area contributed by atoms with Crippen molar-refractivity contribution >= 4 is 5.91 Å². The first-order chi connectivity index (χ1) is 7.75. The van der Waals surface area contributed by atoms with Gasteiger partial charge in [0.25, 0.3) is 0 Å². The van der Waals surface area contributed by atoms with Crippen LogP contribution >= 0.6 is 0 Å². The maximum absolute atomic E-state index is 12.0. The molecule has 0 aromatic carbocycles.